The van der Waals surface area contributed by atoms with E-state index in [-0.39, 0.29) is 0 Å². The lowest BCUT2D eigenvalue weighted by Gasteiger charge is -2.13. The van der Waals surface area contributed by atoms with Gasteiger partial charge in [-0.15, -0.1) is 0 Å². The van der Waals surface area contributed by atoms with E-state index in [2.05, 4.69) is 20.6 Å². The Hall–Kier alpha value is -3.28. The van der Waals surface area contributed by atoms with E-state index >= 15 is 0 Å². The smallest absolute Gasteiger partial charge is 0.229 e. The van der Waals surface area contributed by atoms with Gasteiger partial charge in [-0.3, -0.25) is 0 Å². The summed E-state index contributed by atoms with van der Waals surface area (Å²) in [5.74, 6) is 2.77. The van der Waals surface area contributed by atoms with Gasteiger partial charge in [-0.05, 0) is 55.8 Å². The third-order valence-corrected chi connectivity index (χ3v) is 3.82. The predicted octanol–water partition coefficient (Wildman–Crippen LogP) is 4.60. The van der Waals surface area contributed by atoms with Crippen LogP contribution in [0, 0.1) is 13.8 Å². The van der Waals surface area contributed by atoms with Crippen molar-refractivity contribution < 1.29 is 9.47 Å². The van der Waals surface area contributed by atoms with Crippen molar-refractivity contribution in [2.45, 2.75) is 13.8 Å². The van der Waals surface area contributed by atoms with Gasteiger partial charge in [0, 0.05) is 17.4 Å². The number of benzene rings is 2. The average Bonchev–Trinajstić information content (AvgIpc) is 2.62. The third kappa shape index (κ3) is 4.22. The number of nitrogens with zero attached hydrogens (tertiary/aromatic N) is 2. The Morgan fingerprint density at radius 3 is 2.27 bits per heavy atom. The number of hydrogen-bond donors (Lipinski definition) is 2. The minimum atomic E-state index is 0.518. The van der Waals surface area contributed by atoms with Crippen molar-refractivity contribution in [3.63, 3.8) is 0 Å². The molecule has 0 atom stereocenters. The molecule has 3 rings (SSSR count). The maximum atomic E-state index is 5.42. The van der Waals surface area contributed by atoms with Crippen LogP contribution in [0.25, 0.3) is 0 Å². The van der Waals surface area contributed by atoms with E-state index in [9.17, 15) is 0 Å². The minimum Gasteiger partial charge on any atom is -0.497 e. The molecular formula is C20H22N4O2. The second kappa shape index (κ2) is 7.74. The number of methoxy groups -OCH3 is 2. The molecular weight excluding hydrogens is 328 g/mol. The number of ether oxygens (including phenoxy) is 2. The molecule has 2 aromatic carbocycles. The molecule has 6 heteroatoms. The summed E-state index contributed by atoms with van der Waals surface area (Å²) in [4.78, 5) is 9.00. The van der Waals surface area contributed by atoms with Crippen LogP contribution in [0.2, 0.25) is 0 Å². The molecule has 6 nitrogen and oxygen atoms in total. The fraction of sp³-hybridized carbons (Fsp3) is 0.200. The lowest BCUT2D eigenvalue weighted by Crippen LogP contribution is -2.03. The quantitative estimate of drug-likeness (QED) is 0.677. The van der Waals surface area contributed by atoms with Crippen LogP contribution < -0.4 is 20.1 Å². The fourth-order valence-electron chi connectivity index (χ4n) is 2.55. The van der Waals surface area contributed by atoms with Crippen molar-refractivity contribution in [1.82, 2.24) is 9.97 Å². The molecule has 3 aromatic rings. The maximum Gasteiger partial charge on any atom is 0.229 e. The topological polar surface area (TPSA) is 68.3 Å². The molecule has 0 saturated carbocycles. The van der Waals surface area contributed by atoms with E-state index in [0.29, 0.717) is 11.8 Å². The average molecular weight is 350 g/mol. The molecule has 0 bridgehead atoms. The van der Waals surface area contributed by atoms with Crippen LogP contribution in [0.1, 0.15) is 11.3 Å². The summed E-state index contributed by atoms with van der Waals surface area (Å²) in [5, 5.41) is 6.53. The molecule has 1 aromatic heterocycles. The molecule has 0 aliphatic rings. The van der Waals surface area contributed by atoms with Crippen LogP contribution in [0.15, 0.2) is 48.5 Å². The Morgan fingerprint density at radius 2 is 1.58 bits per heavy atom. The van der Waals surface area contributed by atoms with Gasteiger partial charge in [0.25, 0.3) is 0 Å². The zero-order chi connectivity index (χ0) is 18.5. The summed E-state index contributed by atoms with van der Waals surface area (Å²) in [6.07, 6.45) is 0. The normalized spacial score (nSPS) is 10.3. The largest absolute Gasteiger partial charge is 0.497 e. The second-order valence-corrected chi connectivity index (χ2v) is 5.90. The van der Waals surface area contributed by atoms with Gasteiger partial charge in [-0.1, -0.05) is 6.07 Å². The summed E-state index contributed by atoms with van der Waals surface area (Å²) < 4.78 is 10.6. The molecule has 0 spiro atoms. The second-order valence-electron chi connectivity index (χ2n) is 5.90. The summed E-state index contributed by atoms with van der Waals surface area (Å²) in [6.45, 7) is 3.96. The van der Waals surface area contributed by atoms with Crippen molar-refractivity contribution in [3.8, 4) is 11.5 Å². The molecule has 26 heavy (non-hydrogen) atoms. The van der Waals surface area contributed by atoms with Crippen molar-refractivity contribution in [1.29, 1.82) is 0 Å². The van der Waals surface area contributed by atoms with Crippen molar-refractivity contribution >= 4 is 23.1 Å². The number of aromatic nitrogens is 2. The molecule has 0 aliphatic carbocycles. The maximum absolute atomic E-state index is 5.42. The molecule has 1 heterocycles. The van der Waals surface area contributed by atoms with Crippen LogP contribution in [-0.2, 0) is 0 Å². The monoisotopic (exact) mass is 350 g/mol. The highest BCUT2D eigenvalue weighted by Crippen LogP contribution is 2.28. The Labute approximate surface area is 153 Å². The van der Waals surface area contributed by atoms with Crippen LogP contribution in [0.3, 0.4) is 0 Å². The van der Waals surface area contributed by atoms with Crippen molar-refractivity contribution in [2.75, 3.05) is 24.9 Å². The van der Waals surface area contributed by atoms with Crippen LogP contribution in [-0.4, -0.2) is 24.2 Å². The first-order chi connectivity index (χ1) is 12.6. The van der Waals surface area contributed by atoms with E-state index in [1.54, 1.807) is 14.2 Å². The highest BCUT2D eigenvalue weighted by molar-refractivity contribution is 5.66. The third-order valence-electron chi connectivity index (χ3n) is 3.82. The van der Waals surface area contributed by atoms with E-state index in [4.69, 9.17) is 9.47 Å². The van der Waals surface area contributed by atoms with Gasteiger partial charge in [0.15, 0.2) is 0 Å². The first kappa shape index (κ1) is 17.5. The molecule has 2 N–H and O–H groups in total. The lowest BCUT2D eigenvalue weighted by molar-refractivity contribution is 0.415. The van der Waals surface area contributed by atoms with Gasteiger partial charge >= 0.3 is 0 Å². The molecule has 0 aliphatic heterocycles. The molecule has 0 unspecified atom stereocenters. The Kier molecular flexibility index (Phi) is 5.22. The van der Waals surface area contributed by atoms with Gasteiger partial charge < -0.3 is 20.1 Å². The molecule has 0 fully saturated rings. The van der Waals surface area contributed by atoms with Crippen LogP contribution >= 0.6 is 0 Å². The predicted molar refractivity (Wildman–Crippen MR) is 104 cm³/mol. The van der Waals surface area contributed by atoms with Crippen molar-refractivity contribution in [3.05, 3.63) is 59.8 Å². The first-order valence-electron chi connectivity index (χ1n) is 8.26. The zero-order valence-corrected chi connectivity index (χ0v) is 15.3. The van der Waals surface area contributed by atoms with Gasteiger partial charge in [-0.2, -0.15) is 4.98 Å². The Bertz CT molecular complexity index is 895. The van der Waals surface area contributed by atoms with E-state index in [1.807, 2.05) is 62.4 Å². The fourth-order valence-corrected chi connectivity index (χ4v) is 2.55. The van der Waals surface area contributed by atoms with Crippen LogP contribution in [0.5, 0.6) is 11.5 Å². The van der Waals surface area contributed by atoms with Crippen LogP contribution in [0.4, 0.5) is 23.1 Å². The number of aryl methyl sites for hydroxylation is 2. The summed E-state index contributed by atoms with van der Waals surface area (Å²) >= 11 is 0. The van der Waals surface area contributed by atoms with Gasteiger partial charge in [0.1, 0.15) is 17.3 Å². The van der Waals surface area contributed by atoms with E-state index < -0.39 is 0 Å². The van der Waals surface area contributed by atoms with E-state index in [1.165, 1.54) is 0 Å². The van der Waals surface area contributed by atoms with Crippen molar-refractivity contribution in [2.24, 2.45) is 0 Å². The Balaban J connectivity index is 1.84. The standard InChI is InChI=1S/C20H22N4O2/c1-13-5-10-18(26-4)17(11-13)23-19-12-14(2)21-20(24-19)22-15-6-8-16(25-3)9-7-15/h5-12H,1-4H3,(H2,21,22,23,24). The summed E-state index contributed by atoms with van der Waals surface area (Å²) in [6, 6.07) is 15.5. The summed E-state index contributed by atoms with van der Waals surface area (Å²) in [5.41, 5.74) is 3.73. The van der Waals surface area contributed by atoms with Gasteiger partial charge in [-0.25, -0.2) is 4.98 Å². The van der Waals surface area contributed by atoms with E-state index in [0.717, 1.165) is 34.1 Å². The zero-order valence-electron chi connectivity index (χ0n) is 15.3. The highest BCUT2D eigenvalue weighted by atomic mass is 16.5. The Morgan fingerprint density at radius 1 is 0.808 bits per heavy atom. The highest BCUT2D eigenvalue weighted by Gasteiger charge is 2.07. The number of anilines is 4. The first-order valence-corrected chi connectivity index (χ1v) is 8.26. The summed E-state index contributed by atoms with van der Waals surface area (Å²) in [7, 11) is 3.29. The molecule has 0 radical (unpaired) electrons. The van der Waals surface area contributed by atoms with Gasteiger partial charge in [0.2, 0.25) is 5.95 Å². The molecule has 134 valence electrons. The minimum absolute atomic E-state index is 0.518. The number of nitrogens with one attached hydrogen (secondary N) is 2. The molecule has 0 amide bonds. The van der Waals surface area contributed by atoms with Gasteiger partial charge in [0.05, 0.1) is 19.9 Å². The lowest BCUT2D eigenvalue weighted by atomic mass is 10.2. The molecule has 0 saturated heterocycles. The SMILES string of the molecule is COc1ccc(Nc2nc(C)cc(Nc3cc(C)ccc3OC)n2)cc1. The number of rotatable bonds is 6. The number of hydrogen-bond acceptors (Lipinski definition) is 6.